The van der Waals surface area contributed by atoms with Crippen LogP contribution in [0.3, 0.4) is 0 Å². The van der Waals surface area contributed by atoms with Gasteiger partial charge in [0, 0.05) is 10.6 Å². The van der Waals surface area contributed by atoms with Gasteiger partial charge in [-0.05, 0) is 30.9 Å². The molecule has 1 fully saturated rings. The molecule has 1 aliphatic carbocycles. The van der Waals surface area contributed by atoms with E-state index in [9.17, 15) is 9.50 Å². The van der Waals surface area contributed by atoms with Crippen LogP contribution in [0.25, 0.3) is 0 Å². The van der Waals surface area contributed by atoms with Gasteiger partial charge in [0.25, 0.3) is 0 Å². The van der Waals surface area contributed by atoms with Gasteiger partial charge in [-0.3, -0.25) is 0 Å². The zero-order valence-corrected chi connectivity index (χ0v) is 9.28. The highest BCUT2D eigenvalue weighted by molar-refractivity contribution is 6.31. The lowest BCUT2D eigenvalue weighted by Crippen LogP contribution is -2.20. The van der Waals surface area contributed by atoms with E-state index in [-0.39, 0.29) is 16.5 Å². The molecule has 0 spiro atoms. The second kappa shape index (κ2) is 4.40. The van der Waals surface area contributed by atoms with Crippen LogP contribution in [-0.4, -0.2) is 11.2 Å². The van der Waals surface area contributed by atoms with E-state index in [0.717, 1.165) is 12.8 Å². The molecule has 1 saturated carbocycles. The smallest absolute Gasteiger partial charge is 0.129 e. The monoisotopic (exact) mass is 239 g/mol. The summed E-state index contributed by atoms with van der Waals surface area (Å²) in [6, 6.07) is 6.22. The van der Waals surface area contributed by atoms with E-state index < -0.39 is 17.8 Å². The van der Waals surface area contributed by atoms with Crippen LogP contribution in [0.15, 0.2) is 18.2 Å². The summed E-state index contributed by atoms with van der Waals surface area (Å²) < 4.78 is 13.6. The number of aliphatic hydroxyl groups is 1. The first-order valence-corrected chi connectivity index (χ1v) is 5.54. The number of rotatable bonds is 3. The largest absolute Gasteiger partial charge is 0.391 e. The number of hydrogen-bond donors (Lipinski definition) is 1. The average molecular weight is 240 g/mol. The number of halogens is 2. The maximum absolute atomic E-state index is 13.6. The number of nitrogens with zero attached hydrogens (tertiary/aromatic N) is 1. The summed E-state index contributed by atoms with van der Waals surface area (Å²) in [4.78, 5) is 0. The molecule has 0 bridgehead atoms. The fraction of sp³-hybridized carbons (Fsp3) is 0.417. The first-order chi connectivity index (χ1) is 7.65. The Labute approximate surface area is 98.3 Å². The van der Waals surface area contributed by atoms with E-state index in [1.165, 1.54) is 18.2 Å². The number of nitriles is 1. The van der Waals surface area contributed by atoms with E-state index in [1.807, 2.05) is 6.07 Å². The van der Waals surface area contributed by atoms with E-state index >= 15 is 0 Å². The van der Waals surface area contributed by atoms with Crippen molar-refractivity contribution in [2.24, 2.45) is 5.92 Å². The van der Waals surface area contributed by atoms with Gasteiger partial charge in [-0.15, -0.1) is 0 Å². The number of aliphatic hydroxyl groups excluding tert-OH is 1. The van der Waals surface area contributed by atoms with Crippen molar-refractivity contribution in [2.45, 2.75) is 24.9 Å². The molecule has 2 unspecified atom stereocenters. The number of hydrogen-bond acceptors (Lipinski definition) is 2. The van der Waals surface area contributed by atoms with Crippen LogP contribution in [0.2, 0.25) is 5.02 Å². The summed E-state index contributed by atoms with van der Waals surface area (Å²) in [7, 11) is 0. The van der Waals surface area contributed by atoms with Gasteiger partial charge in [-0.25, -0.2) is 4.39 Å². The molecule has 16 heavy (non-hydrogen) atoms. The van der Waals surface area contributed by atoms with Gasteiger partial charge < -0.3 is 5.11 Å². The SMILES string of the molecule is N#CC(c1c(F)cccc1Cl)C(O)C1CC1. The van der Waals surface area contributed by atoms with Gasteiger partial charge in [0.15, 0.2) is 0 Å². The third-order valence-corrected chi connectivity index (χ3v) is 3.23. The molecule has 2 rings (SSSR count). The quantitative estimate of drug-likeness (QED) is 0.882. The molecule has 1 aromatic rings. The summed E-state index contributed by atoms with van der Waals surface area (Å²) in [6.45, 7) is 0. The van der Waals surface area contributed by atoms with E-state index in [0.29, 0.717) is 0 Å². The van der Waals surface area contributed by atoms with Crippen molar-refractivity contribution in [3.63, 3.8) is 0 Å². The molecule has 0 radical (unpaired) electrons. The lowest BCUT2D eigenvalue weighted by Gasteiger charge is -2.18. The first kappa shape index (κ1) is 11.4. The second-order valence-corrected chi connectivity index (χ2v) is 4.48. The maximum Gasteiger partial charge on any atom is 0.129 e. The zero-order chi connectivity index (χ0) is 11.7. The minimum Gasteiger partial charge on any atom is -0.391 e. The topological polar surface area (TPSA) is 44.0 Å². The Kier molecular flexibility index (Phi) is 3.13. The second-order valence-electron chi connectivity index (χ2n) is 4.07. The standard InChI is InChI=1S/C12H11ClFNO/c13-9-2-1-3-10(14)11(9)8(6-15)12(16)7-4-5-7/h1-3,7-8,12,16H,4-5H2. The number of benzene rings is 1. The highest BCUT2D eigenvalue weighted by atomic mass is 35.5. The van der Waals surface area contributed by atoms with Crippen LogP contribution in [0.1, 0.15) is 24.3 Å². The third-order valence-electron chi connectivity index (χ3n) is 2.90. The summed E-state index contributed by atoms with van der Waals surface area (Å²) in [6.07, 6.45) is 0.969. The average Bonchev–Trinajstić information content (AvgIpc) is 3.06. The Bertz CT molecular complexity index is 419. The molecule has 0 aromatic heterocycles. The molecule has 0 amide bonds. The highest BCUT2D eigenvalue weighted by Crippen LogP contribution is 2.40. The van der Waals surface area contributed by atoms with E-state index in [2.05, 4.69) is 0 Å². The van der Waals surface area contributed by atoms with Gasteiger partial charge >= 0.3 is 0 Å². The van der Waals surface area contributed by atoms with Gasteiger partial charge in [0.2, 0.25) is 0 Å². The summed E-state index contributed by atoms with van der Waals surface area (Å²) in [5.74, 6) is -1.29. The molecular formula is C12H11ClFNO. The Balaban J connectivity index is 2.36. The maximum atomic E-state index is 13.6. The molecule has 1 N–H and O–H groups in total. The van der Waals surface area contributed by atoms with Crippen LogP contribution >= 0.6 is 11.6 Å². The van der Waals surface area contributed by atoms with Crippen LogP contribution in [0.4, 0.5) is 4.39 Å². The van der Waals surface area contributed by atoms with Gasteiger partial charge in [0.05, 0.1) is 12.2 Å². The molecule has 0 heterocycles. The molecule has 2 atom stereocenters. The molecule has 1 aromatic carbocycles. The Morgan fingerprint density at radius 3 is 2.69 bits per heavy atom. The van der Waals surface area contributed by atoms with Crippen molar-refractivity contribution >= 4 is 11.6 Å². The van der Waals surface area contributed by atoms with Crippen molar-refractivity contribution in [3.8, 4) is 6.07 Å². The summed E-state index contributed by atoms with van der Waals surface area (Å²) >= 11 is 5.87. The highest BCUT2D eigenvalue weighted by Gasteiger charge is 2.37. The molecule has 1 aliphatic rings. The molecule has 84 valence electrons. The lowest BCUT2D eigenvalue weighted by atomic mass is 9.91. The van der Waals surface area contributed by atoms with Crippen molar-refractivity contribution in [3.05, 3.63) is 34.6 Å². The first-order valence-electron chi connectivity index (χ1n) is 5.16. The predicted molar refractivity (Wildman–Crippen MR) is 58.5 cm³/mol. The third kappa shape index (κ3) is 2.04. The van der Waals surface area contributed by atoms with E-state index in [1.54, 1.807) is 0 Å². The van der Waals surface area contributed by atoms with Gasteiger partial charge in [0.1, 0.15) is 11.7 Å². The van der Waals surface area contributed by atoms with Crippen molar-refractivity contribution in [2.75, 3.05) is 0 Å². The van der Waals surface area contributed by atoms with Crippen LogP contribution in [0, 0.1) is 23.1 Å². The Hall–Kier alpha value is -1.11. The Morgan fingerprint density at radius 2 is 2.19 bits per heavy atom. The lowest BCUT2D eigenvalue weighted by molar-refractivity contribution is 0.137. The fourth-order valence-electron chi connectivity index (χ4n) is 1.83. The molecular weight excluding hydrogens is 229 g/mol. The van der Waals surface area contributed by atoms with Crippen molar-refractivity contribution in [1.82, 2.24) is 0 Å². The van der Waals surface area contributed by atoms with Crippen LogP contribution < -0.4 is 0 Å². The Morgan fingerprint density at radius 1 is 1.50 bits per heavy atom. The van der Waals surface area contributed by atoms with Gasteiger partial charge in [-0.1, -0.05) is 17.7 Å². The summed E-state index contributed by atoms with van der Waals surface area (Å²) in [5, 5.41) is 19.1. The minimum atomic E-state index is -0.874. The van der Waals surface area contributed by atoms with E-state index in [4.69, 9.17) is 16.9 Å². The van der Waals surface area contributed by atoms with Crippen molar-refractivity contribution < 1.29 is 9.50 Å². The summed E-state index contributed by atoms with van der Waals surface area (Å²) in [5.41, 5.74) is 0.117. The minimum absolute atomic E-state index is 0.111. The van der Waals surface area contributed by atoms with Crippen LogP contribution in [0.5, 0.6) is 0 Å². The molecule has 0 saturated heterocycles. The molecule has 0 aliphatic heterocycles. The predicted octanol–water partition coefficient (Wildman–Crippen LogP) is 2.86. The molecule has 2 nitrogen and oxygen atoms in total. The van der Waals surface area contributed by atoms with Crippen molar-refractivity contribution in [1.29, 1.82) is 5.26 Å². The normalized spacial score (nSPS) is 18.9. The van der Waals surface area contributed by atoms with Crippen LogP contribution in [-0.2, 0) is 0 Å². The van der Waals surface area contributed by atoms with Gasteiger partial charge in [-0.2, -0.15) is 5.26 Å². The molecule has 4 heteroatoms. The zero-order valence-electron chi connectivity index (χ0n) is 8.53. The fourth-order valence-corrected chi connectivity index (χ4v) is 2.11.